The second-order valence-corrected chi connectivity index (χ2v) is 6.67. The zero-order valence-corrected chi connectivity index (χ0v) is 13.9. The van der Waals surface area contributed by atoms with Crippen LogP contribution in [-0.2, 0) is 4.79 Å². The van der Waals surface area contributed by atoms with Gasteiger partial charge in [-0.2, -0.15) is 0 Å². The topological polar surface area (TPSA) is 72.9 Å². The molecule has 6 heteroatoms. The standard InChI is InChI=1S/C18H25N3O3/c22-17(23)14-5-4-10-21(13-14)18(24)19-15-8-11-20(12-9-15)16-6-2-1-3-7-16/h1-3,6-7,14-15H,4-5,8-13H2,(H,19,24)(H,22,23). The van der Waals surface area contributed by atoms with Crippen molar-refractivity contribution in [3.63, 3.8) is 0 Å². The minimum absolute atomic E-state index is 0.112. The van der Waals surface area contributed by atoms with Crippen LogP contribution in [0.5, 0.6) is 0 Å². The van der Waals surface area contributed by atoms with Gasteiger partial charge in [-0.15, -0.1) is 0 Å². The number of carboxylic acid groups (broad SMARTS) is 1. The Morgan fingerprint density at radius 1 is 1.04 bits per heavy atom. The summed E-state index contributed by atoms with van der Waals surface area (Å²) >= 11 is 0. The van der Waals surface area contributed by atoms with Gasteiger partial charge in [0, 0.05) is 37.9 Å². The van der Waals surface area contributed by atoms with Crippen molar-refractivity contribution < 1.29 is 14.7 Å². The maximum atomic E-state index is 12.4. The van der Waals surface area contributed by atoms with Crippen LogP contribution in [0.4, 0.5) is 10.5 Å². The first-order chi connectivity index (χ1) is 11.6. The monoisotopic (exact) mass is 331 g/mol. The highest BCUT2D eigenvalue weighted by atomic mass is 16.4. The second-order valence-electron chi connectivity index (χ2n) is 6.67. The fraction of sp³-hybridized carbons (Fsp3) is 0.556. The zero-order valence-electron chi connectivity index (χ0n) is 13.9. The van der Waals surface area contributed by atoms with Crippen LogP contribution >= 0.6 is 0 Å². The summed E-state index contributed by atoms with van der Waals surface area (Å²) in [4.78, 5) is 27.5. The van der Waals surface area contributed by atoms with Crippen LogP contribution in [0, 0.1) is 5.92 Å². The van der Waals surface area contributed by atoms with E-state index in [2.05, 4.69) is 22.3 Å². The van der Waals surface area contributed by atoms with Crippen LogP contribution in [0.2, 0.25) is 0 Å². The lowest BCUT2D eigenvalue weighted by Gasteiger charge is -2.36. The van der Waals surface area contributed by atoms with E-state index >= 15 is 0 Å². The average Bonchev–Trinajstić information content (AvgIpc) is 2.63. The van der Waals surface area contributed by atoms with E-state index in [4.69, 9.17) is 5.11 Å². The molecule has 2 saturated heterocycles. The molecule has 24 heavy (non-hydrogen) atoms. The molecule has 1 aromatic rings. The number of amides is 2. The van der Waals surface area contributed by atoms with Gasteiger partial charge in [0.15, 0.2) is 0 Å². The quantitative estimate of drug-likeness (QED) is 0.890. The number of likely N-dealkylation sites (tertiary alicyclic amines) is 1. The Kier molecular flexibility index (Phi) is 5.23. The van der Waals surface area contributed by atoms with Gasteiger partial charge in [0.2, 0.25) is 0 Å². The normalized spacial score (nSPS) is 22.2. The van der Waals surface area contributed by atoms with Crippen LogP contribution in [0.25, 0.3) is 0 Å². The Labute approximate surface area is 142 Å². The first-order valence-corrected chi connectivity index (χ1v) is 8.72. The number of carboxylic acids is 1. The van der Waals surface area contributed by atoms with E-state index in [1.54, 1.807) is 4.90 Å². The molecular formula is C18H25N3O3. The van der Waals surface area contributed by atoms with Gasteiger partial charge in [0.25, 0.3) is 0 Å². The number of benzene rings is 1. The summed E-state index contributed by atoms with van der Waals surface area (Å²) in [5, 5.41) is 12.2. The largest absolute Gasteiger partial charge is 0.481 e. The minimum atomic E-state index is -0.802. The highest BCUT2D eigenvalue weighted by Crippen LogP contribution is 2.20. The van der Waals surface area contributed by atoms with Gasteiger partial charge < -0.3 is 20.2 Å². The van der Waals surface area contributed by atoms with E-state index in [0.29, 0.717) is 19.5 Å². The molecule has 1 atom stereocenters. The van der Waals surface area contributed by atoms with Crippen molar-refractivity contribution in [3.05, 3.63) is 30.3 Å². The van der Waals surface area contributed by atoms with Crippen LogP contribution in [0.3, 0.4) is 0 Å². The number of carbonyl (C=O) groups excluding carboxylic acids is 1. The Morgan fingerprint density at radius 2 is 1.75 bits per heavy atom. The summed E-state index contributed by atoms with van der Waals surface area (Å²) in [5.74, 6) is -1.23. The Bertz CT molecular complexity index is 570. The van der Waals surface area contributed by atoms with E-state index in [0.717, 1.165) is 32.4 Å². The molecule has 130 valence electrons. The van der Waals surface area contributed by atoms with E-state index in [1.165, 1.54) is 5.69 Å². The number of piperidine rings is 2. The first-order valence-electron chi connectivity index (χ1n) is 8.72. The fourth-order valence-electron chi connectivity index (χ4n) is 3.55. The third kappa shape index (κ3) is 3.99. The molecule has 0 aliphatic carbocycles. The molecule has 2 heterocycles. The number of para-hydroxylation sites is 1. The van der Waals surface area contributed by atoms with E-state index < -0.39 is 11.9 Å². The fourth-order valence-corrected chi connectivity index (χ4v) is 3.55. The Balaban J connectivity index is 1.47. The van der Waals surface area contributed by atoms with Crippen LogP contribution < -0.4 is 10.2 Å². The molecule has 2 aliphatic rings. The summed E-state index contributed by atoms with van der Waals surface area (Å²) in [7, 11) is 0. The maximum Gasteiger partial charge on any atom is 0.317 e. The molecule has 6 nitrogen and oxygen atoms in total. The summed E-state index contributed by atoms with van der Waals surface area (Å²) in [5.41, 5.74) is 1.22. The smallest absolute Gasteiger partial charge is 0.317 e. The molecule has 1 unspecified atom stereocenters. The van der Waals surface area contributed by atoms with Crippen molar-refractivity contribution in [1.29, 1.82) is 0 Å². The zero-order chi connectivity index (χ0) is 16.9. The predicted molar refractivity (Wildman–Crippen MR) is 92.1 cm³/mol. The van der Waals surface area contributed by atoms with E-state index in [-0.39, 0.29) is 12.1 Å². The van der Waals surface area contributed by atoms with Gasteiger partial charge in [-0.25, -0.2) is 4.79 Å². The first kappa shape index (κ1) is 16.6. The van der Waals surface area contributed by atoms with Crippen LogP contribution in [0.15, 0.2) is 30.3 Å². The Morgan fingerprint density at radius 3 is 2.42 bits per heavy atom. The number of anilines is 1. The highest BCUT2D eigenvalue weighted by molar-refractivity contribution is 5.76. The van der Waals surface area contributed by atoms with Gasteiger partial charge in [-0.1, -0.05) is 18.2 Å². The molecule has 2 aliphatic heterocycles. The van der Waals surface area contributed by atoms with E-state index in [1.807, 2.05) is 18.2 Å². The summed E-state index contributed by atoms with van der Waals surface area (Å²) in [6.45, 7) is 2.82. The molecular weight excluding hydrogens is 306 g/mol. The SMILES string of the molecule is O=C(O)C1CCCN(C(=O)NC2CCN(c3ccccc3)CC2)C1. The third-order valence-electron chi connectivity index (χ3n) is 5.00. The molecule has 2 N–H and O–H groups in total. The molecule has 0 saturated carbocycles. The number of urea groups is 1. The highest BCUT2D eigenvalue weighted by Gasteiger charge is 2.29. The van der Waals surface area contributed by atoms with Gasteiger partial charge in [0.1, 0.15) is 0 Å². The number of hydrogen-bond acceptors (Lipinski definition) is 3. The maximum absolute atomic E-state index is 12.4. The summed E-state index contributed by atoms with van der Waals surface area (Å²) in [6.07, 6.45) is 3.25. The number of rotatable bonds is 3. The van der Waals surface area contributed by atoms with Gasteiger partial charge in [-0.05, 0) is 37.8 Å². The lowest BCUT2D eigenvalue weighted by atomic mass is 9.98. The molecule has 1 aromatic carbocycles. The molecule has 0 spiro atoms. The number of hydrogen-bond donors (Lipinski definition) is 2. The van der Waals surface area contributed by atoms with Crippen molar-refractivity contribution in [2.45, 2.75) is 31.7 Å². The Hall–Kier alpha value is -2.24. The second kappa shape index (κ2) is 7.55. The van der Waals surface area contributed by atoms with Crippen LogP contribution in [0.1, 0.15) is 25.7 Å². The minimum Gasteiger partial charge on any atom is -0.481 e. The average molecular weight is 331 g/mol. The molecule has 0 radical (unpaired) electrons. The van der Waals surface area contributed by atoms with Gasteiger partial charge in [-0.3, -0.25) is 4.79 Å². The lowest BCUT2D eigenvalue weighted by molar-refractivity contribution is -0.143. The van der Waals surface area contributed by atoms with Crippen LogP contribution in [-0.4, -0.2) is 54.2 Å². The predicted octanol–water partition coefficient (Wildman–Crippen LogP) is 2.16. The van der Waals surface area contributed by atoms with Crippen molar-refractivity contribution in [2.75, 3.05) is 31.1 Å². The van der Waals surface area contributed by atoms with Gasteiger partial charge >= 0.3 is 12.0 Å². The summed E-state index contributed by atoms with van der Waals surface area (Å²) in [6, 6.07) is 10.4. The van der Waals surface area contributed by atoms with Gasteiger partial charge in [0.05, 0.1) is 5.92 Å². The molecule has 0 aromatic heterocycles. The molecule has 2 fully saturated rings. The third-order valence-corrected chi connectivity index (χ3v) is 5.00. The molecule has 2 amide bonds. The number of nitrogens with zero attached hydrogens (tertiary/aromatic N) is 2. The lowest BCUT2D eigenvalue weighted by Crippen LogP contribution is -2.52. The molecule has 3 rings (SSSR count). The van der Waals surface area contributed by atoms with Crippen molar-refractivity contribution in [3.8, 4) is 0 Å². The van der Waals surface area contributed by atoms with E-state index in [9.17, 15) is 9.59 Å². The number of aliphatic carboxylic acids is 1. The summed E-state index contributed by atoms with van der Waals surface area (Å²) < 4.78 is 0. The number of carbonyl (C=O) groups is 2. The number of nitrogens with one attached hydrogen (secondary N) is 1. The van der Waals surface area contributed by atoms with Crippen molar-refractivity contribution in [2.24, 2.45) is 5.92 Å². The molecule has 0 bridgehead atoms. The van der Waals surface area contributed by atoms with Crippen molar-refractivity contribution >= 4 is 17.7 Å². The van der Waals surface area contributed by atoms with Crippen molar-refractivity contribution in [1.82, 2.24) is 10.2 Å².